The summed E-state index contributed by atoms with van der Waals surface area (Å²) < 4.78 is 2.03. The molecule has 2 unspecified atom stereocenters. The Hall–Kier alpha value is -1.78. The number of hydrogen-bond acceptors (Lipinski definition) is 4. The quantitative estimate of drug-likeness (QED) is 0.855. The molecule has 1 saturated carbocycles. The molecule has 0 aromatic carbocycles. The second kappa shape index (κ2) is 6.33. The Labute approximate surface area is 126 Å². The normalized spacial score (nSPS) is 21.8. The lowest BCUT2D eigenvalue weighted by atomic mass is 10.1. The van der Waals surface area contributed by atoms with E-state index in [1.54, 1.807) is 0 Å². The number of nitrogens with zero attached hydrogens (tertiary/aromatic N) is 3. The maximum atomic E-state index is 4.69. The molecule has 0 bridgehead atoms. The summed E-state index contributed by atoms with van der Waals surface area (Å²) in [5.74, 6) is 3.43. The first-order chi connectivity index (χ1) is 10.3. The van der Waals surface area contributed by atoms with E-state index in [1.807, 2.05) is 23.0 Å². The van der Waals surface area contributed by atoms with Gasteiger partial charge in [0.25, 0.3) is 0 Å². The lowest BCUT2D eigenvalue weighted by Crippen LogP contribution is -2.14. The third-order valence-electron chi connectivity index (χ3n) is 4.29. The summed E-state index contributed by atoms with van der Waals surface area (Å²) in [4.78, 5) is 9.10. The molecule has 0 radical (unpaired) electrons. The average Bonchev–Trinajstić information content (AvgIpc) is 3.11. The fourth-order valence-corrected chi connectivity index (χ4v) is 3.14. The molecule has 0 spiro atoms. The van der Waals surface area contributed by atoms with E-state index in [0.717, 1.165) is 48.6 Å². The van der Waals surface area contributed by atoms with Gasteiger partial charge in [0.15, 0.2) is 11.5 Å². The van der Waals surface area contributed by atoms with Crippen molar-refractivity contribution in [3.05, 3.63) is 18.6 Å². The summed E-state index contributed by atoms with van der Waals surface area (Å²) in [5, 5.41) is 6.87. The SMILES string of the molecule is CCCNc1cn2ccnc2c(NCC2CCC(C)C2)n1. The van der Waals surface area contributed by atoms with Gasteiger partial charge < -0.3 is 15.0 Å². The zero-order valence-electron chi connectivity index (χ0n) is 13.0. The highest BCUT2D eigenvalue weighted by Crippen LogP contribution is 2.30. The van der Waals surface area contributed by atoms with E-state index in [2.05, 4.69) is 34.4 Å². The minimum Gasteiger partial charge on any atom is -0.369 e. The third-order valence-corrected chi connectivity index (χ3v) is 4.29. The predicted molar refractivity (Wildman–Crippen MR) is 86.8 cm³/mol. The Balaban J connectivity index is 1.74. The minimum absolute atomic E-state index is 0.768. The largest absolute Gasteiger partial charge is 0.369 e. The number of imidazole rings is 1. The van der Waals surface area contributed by atoms with Gasteiger partial charge in [-0.1, -0.05) is 20.3 Å². The lowest BCUT2D eigenvalue weighted by molar-refractivity contribution is 0.536. The van der Waals surface area contributed by atoms with Gasteiger partial charge in [0.1, 0.15) is 5.82 Å². The van der Waals surface area contributed by atoms with Crippen LogP contribution < -0.4 is 10.6 Å². The van der Waals surface area contributed by atoms with Crippen LogP contribution in [0.1, 0.15) is 39.5 Å². The number of fused-ring (bicyclic) bond motifs is 1. The zero-order chi connectivity index (χ0) is 14.7. The van der Waals surface area contributed by atoms with E-state index in [9.17, 15) is 0 Å². The molecule has 5 nitrogen and oxygen atoms in total. The number of aromatic nitrogens is 3. The van der Waals surface area contributed by atoms with Crippen molar-refractivity contribution in [1.29, 1.82) is 0 Å². The van der Waals surface area contributed by atoms with Gasteiger partial charge in [0, 0.05) is 25.5 Å². The molecular weight excluding hydrogens is 262 g/mol. The van der Waals surface area contributed by atoms with Crippen molar-refractivity contribution in [3.63, 3.8) is 0 Å². The Morgan fingerprint density at radius 2 is 2.24 bits per heavy atom. The Bertz CT molecular complexity index is 591. The smallest absolute Gasteiger partial charge is 0.180 e. The van der Waals surface area contributed by atoms with Gasteiger partial charge in [-0.2, -0.15) is 0 Å². The Kier molecular flexibility index (Phi) is 4.27. The van der Waals surface area contributed by atoms with Gasteiger partial charge in [-0.25, -0.2) is 9.97 Å². The maximum Gasteiger partial charge on any atom is 0.180 e. The number of rotatable bonds is 6. The van der Waals surface area contributed by atoms with Crippen LogP contribution >= 0.6 is 0 Å². The fourth-order valence-electron chi connectivity index (χ4n) is 3.14. The van der Waals surface area contributed by atoms with E-state index in [0.29, 0.717) is 0 Å². The third kappa shape index (κ3) is 3.28. The van der Waals surface area contributed by atoms with E-state index in [4.69, 9.17) is 0 Å². The van der Waals surface area contributed by atoms with Crippen LogP contribution in [0.3, 0.4) is 0 Å². The van der Waals surface area contributed by atoms with E-state index >= 15 is 0 Å². The summed E-state index contributed by atoms with van der Waals surface area (Å²) in [6.45, 7) is 6.44. The second-order valence-electron chi connectivity index (χ2n) is 6.22. The molecule has 2 atom stereocenters. The van der Waals surface area contributed by atoms with Crippen LogP contribution in [0.25, 0.3) is 5.65 Å². The molecular formula is C16H25N5. The van der Waals surface area contributed by atoms with E-state index < -0.39 is 0 Å². The predicted octanol–water partition coefficient (Wildman–Crippen LogP) is 3.40. The highest BCUT2D eigenvalue weighted by molar-refractivity contribution is 5.65. The second-order valence-corrected chi connectivity index (χ2v) is 6.22. The van der Waals surface area contributed by atoms with Crippen LogP contribution in [0.15, 0.2) is 18.6 Å². The first-order valence-corrected chi connectivity index (χ1v) is 8.07. The van der Waals surface area contributed by atoms with Crippen LogP contribution in [0, 0.1) is 11.8 Å². The van der Waals surface area contributed by atoms with Crippen molar-refractivity contribution in [3.8, 4) is 0 Å². The molecule has 21 heavy (non-hydrogen) atoms. The molecule has 1 aliphatic carbocycles. The molecule has 1 fully saturated rings. The zero-order valence-corrected chi connectivity index (χ0v) is 13.0. The van der Waals surface area contributed by atoms with Gasteiger partial charge >= 0.3 is 0 Å². The van der Waals surface area contributed by atoms with Crippen LogP contribution in [-0.4, -0.2) is 27.5 Å². The Morgan fingerprint density at radius 3 is 3.00 bits per heavy atom. The molecule has 0 aliphatic heterocycles. The van der Waals surface area contributed by atoms with E-state index in [1.165, 1.54) is 19.3 Å². The van der Waals surface area contributed by atoms with E-state index in [-0.39, 0.29) is 0 Å². The van der Waals surface area contributed by atoms with Crippen molar-refractivity contribution in [1.82, 2.24) is 14.4 Å². The molecule has 114 valence electrons. The molecule has 3 rings (SSSR count). The molecule has 2 N–H and O–H groups in total. The van der Waals surface area contributed by atoms with Crippen molar-refractivity contribution in [2.75, 3.05) is 23.7 Å². The Morgan fingerprint density at radius 1 is 1.33 bits per heavy atom. The van der Waals surface area contributed by atoms with Crippen LogP contribution in [0.2, 0.25) is 0 Å². The summed E-state index contributed by atoms with van der Waals surface area (Å²) in [6.07, 6.45) is 10.9. The van der Waals surface area contributed by atoms with Crippen molar-refractivity contribution in [2.45, 2.75) is 39.5 Å². The summed E-state index contributed by atoms with van der Waals surface area (Å²) in [5.41, 5.74) is 0.906. The fraction of sp³-hybridized carbons (Fsp3) is 0.625. The molecule has 1 aliphatic rings. The first-order valence-electron chi connectivity index (χ1n) is 8.07. The molecule has 2 aromatic rings. The molecule has 5 heteroatoms. The highest BCUT2D eigenvalue weighted by Gasteiger charge is 2.21. The standard InChI is InChI=1S/C16H25N5/c1-3-6-17-14-11-21-8-7-18-16(21)15(20-14)19-10-13-5-4-12(2)9-13/h7-8,11-13,17H,3-6,9-10H2,1-2H3,(H,19,20). The number of nitrogens with one attached hydrogen (secondary N) is 2. The van der Waals surface area contributed by atoms with Crippen molar-refractivity contribution in [2.24, 2.45) is 11.8 Å². The average molecular weight is 287 g/mol. The molecule has 0 saturated heterocycles. The molecule has 0 amide bonds. The highest BCUT2D eigenvalue weighted by atomic mass is 15.1. The summed E-state index contributed by atoms with van der Waals surface area (Å²) >= 11 is 0. The van der Waals surface area contributed by atoms with Crippen molar-refractivity contribution >= 4 is 17.3 Å². The van der Waals surface area contributed by atoms with Gasteiger partial charge in [-0.15, -0.1) is 0 Å². The summed E-state index contributed by atoms with van der Waals surface area (Å²) in [7, 11) is 0. The topological polar surface area (TPSA) is 54.2 Å². The van der Waals surface area contributed by atoms with Gasteiger partial charge in [0.05, 0.1) is 6.20 Å². The maximum absolute atomic E-state index is 4.69. The number of anilines is 2. The first kappa shape index (κ1) is 14.2. The lowest BCUT2D eigenvalue weighted by Gasteiger charge is -2.14. The monoisotopic (exact) mass is 287 g/mol. The van der Waals surface area contributed by atoms with Crippen LogP contribution in [0.5, 0.6) is 0 Å². The van der Waals surface area contributed by atoms with Crippen LogP contribution in [0.4, 0.5) is 11.6 Å². The van der Waals surface area contributed by atoms with Crippen LogP contribution in [-0.2, 0) is 0 Å². The molecule has 2 heterocycles. The van der Waals surface area contributed by atoms with Gasteiger partial charge in [-0.3, -0.25) is 0 Å². The summed E-state index contributed by atoms with van der Waals surface area (Å²) in [6, 6.07) is 0. The number of hydrogen-bond donors (Lipinski definition) is 2. The minimum atomic E-state index is 0.768. The van der Waals surface area contributed by atoms with Crippen molar-refractivity contribution < 1.29 is 0 Å². The molecule has 2 aromatic heterocycles. The van der Waals surface area contributed by atoms with Gasteiger partial charge in [0.2, 0.25) is 0 Å². The van der Waals surface area contributed by atoms with Gasteiger partial charge in [-0.05, 0) is 31.1 Å².